The van der Waals surface area contributed by atoms with E-state index in [0.29, 0.717) is 6.04 Å². The van der Waals surface area contributed by atoms with Gasteiger partial charge in [-0.1, -0.05) is 13.8 Å². The van der Waals surface area contributed by atoms with Gasteiger partial charge < -0.3 is 14.6 Å². The van der Waals surface area contributed by atoms with Crippen LogP contribution in [0, 0.1) is 0 Å². The molecule has 1 rings (SSSR count). The Morgan fingerprint density at radius 1 is 1.50 bits per heavy atom. The highest BCUT2D eigenvalue weighted by molar-refractivity contribution is 4.96. The van der Waals surface area contributed by atoms with Crippen LogP contribution >= 0.6 is 0 Å². The first kappa shape index (κ1) is 13.2. The number of aryl methyl sites for hydroxylation is 1. The van der Waals surface area contributed by atoms with Gasteiger partial charge >= 0.3 is 0 Å². The van der Waals surface area contributed by atoms with Gasteiger partial charge in [0.2, 0.25) is 0 Å². The van der Waals surface area contributed by atoms with Crippen molar-refractivity contribution in [2.75, 3.05) is 13.2 Å². The van der Waals surface area contributed by atoms with Gasteiger partial charge in [-0.3, -0.25) is 0 Å². The molecule has 4 heteroatoms. The lowest BCUT2D eigenvalue weighted by molar-refractivity contribution is 0.141. The molecule has 0 amide bonds. The topological polar surface area (TPSA) is 39.1 Å². The largest absolute Gasteiger partial charge is 0.382 e. The minimum absolute atomic E-state index is 0.503. The molecule has 1 heterocycles. The second-order valence-electron chi connectivity index (χ2n) is 4.19. The first-order chi connectivity index (χ1) is 7.72. The van der Waals surface area contributed by atoms with Crippen LogP contribution in [0.2, 0.25) is 0 Å². The third kappa shape index (κ3) is 5.28. The van der Waals surface area contributed by atoms with Crippen molar-refractivity contribution in [3.63, 3.8) is 0 Å². The summed E-state index contributed by atoms with van der Waals surface area (Å²) in [5.74, 6) is 0. The molecular weight excluding hydrogens is 202 g/mol. The fourth-order valence-corrected chi connectivity index (χ4v) is 1.42. The number of hydrogen-bond donors (Lipinski definition) is 1. The predicted molar refractivity (Wildman–Crippen MR) is 65.3 cm³/mol. The summed E-state index contributed by atoms with van der Waals surface area (Å²) in [6, 6.07) is 0.503. The summed E-state index contributed by atoms with van der Waals surface area (Å²) in [6.07, 6.45) is 5.03. The molecule has 16 heavy (non-hydrogen) atoms. The van der Waals surface area contributed by atoms with E-state index in [1.165, 1.54) is 0 Å². The smallest absolute Gasteiger partial charge is 0.0949 e. The number of aromatic nitrogens is 2. The van der Waals surface area contributed by atoms with Crippen LogP contribution < -0.4 is 5.32 Å². The van der Waals surface area contributed by atoms with E-state index in [1.54, 1.807) is 0 Å². The lowest BCUT2D eigenvalue weighted by Crippen LogP contribution is -2.21. The van der Waals surface area contributed by atoms with Crippen molar-refractivity contribution < 1.29 is 4.74 Å². The van der Waals surface area contributed by atoms with Crippen LogP contribution in [-0.2, 0) is 17.8 Å². The normalized spacial score (nSPS) is 11.2. The first-order valence-electron chi connectivity index (χ1n) is 6.04. The third-order valence-electron chi connectivity index (χ3n) is 2.29. The highest BCUT2D eigenvalue weighted by Crippen LogP contribution is 1.98. The van der Waals surface area contributed by atoms with Gasteiger partial charge in [0.15, 0.2) is 0 Å². The van der Waals surface area contributed by atoms with E-state index in [2.05, 4.69) is 34.9 Å². The fraction of sp³-hybridized carbons (Fsp3) is 0.750. The van der Waals surface area contributed by atoms with Crippen LogP contribution in [0.25, 0.3) is 0 Å². The van der Waals surface area contributed by atoms with Crippen LogP contribution in [0.5, 0.6) is 0 Å². The standard InChI is InChI=1S/C12H23N3O/c1-4-16-7-5-6-15-9-12(14-10-15)8-13-11(2)3/h9-11,13H,4-8H2,1-3H3. The van der Waals surface area contributed by atoms with Gasteiger partial charge in [0.1, 0.15) is 0 Å². The quantitative estimate of drug-likeness (QED) is 0.686. The Balaban J connectivity index is 2.22. The Labute approximate surface area is 98.0 Å². The van der Waals surface area contributed by atoms with E-state index in [1.807, 2.05) is 13.3 Å². The minimum Gasteiger partial charge on any atom is -0.382 e. The fourth-order valence-electron chi connectivity index (χ4n) is 1.42. The highest BCUT2D eigenvalue weighted by Gasteiger charge is 1.99. The molecule has 0 aliphatic heterocycles. The number of ether oxygens (including phenoxy) is 1. The lowest BCUT2D eigenvalue weighted by atomic mass is 10.3. The predicted octanol–water partition coefficient (Wildman–Crippen LogP) is 1.81. The van der Waals surface area contributed by atoms with Crippen LogP contribution in [0.3, 0.4) is 0 Å². The SMILES string of the molecule is CCOCCCn1cnc(CNC(C)C)c1. The van der Waals surface area contributed by atoms with Crippen molar-refractivity contribution in [2.45, 2.75) is 46.3 Å². The second-order valence-corrected chi connectivity index (χ2v) is 4.19. The molecule has 0 spiro atoms. The highest BCUT2D eigenvalue weighted by atomic mass is 16.5. The Kier molecular flexibility index (Phi) is 6.11. The maximum atomic E-state index is 5.29. The molecular formula is C12H23N3O. The van der Waals surface area contributed by atoms with E-state index in [0.717, 1.165) is 38.4 Å². The number of imidazole rings is 1. The number of nitrogens with zero attached hydrogens (tertiary/aromatic N) is 2. The van der Waals surface area contributed by atoms with Crippen LogP contribution in [0.15, 0.2) is 12.5 Å². The van der Waals surface area contributed by atoms with Gasteiger partial charge in [-0.05, 0) is 13.3 Å². The lowest BCUT2D eigenvalue weighted by Gasteiger charge is -2.05. The zero-order valence-corrected chi connectivity index (χ0v) is 10.6. The van der Waals surface area contributed by atoms with Gasteiger partial charge in [0.05, 0.1) is 12.0 Å². The molecule has 1 N–H and O–H groups in total. The van der Waals surface area contributed by atoms with Crippen molar-refractivity contribution >= 4 is 0 Å². The molecule has 0 saturated carbocycles. The molecule has 0 aliphatic carbocycles. The van der Waals surface area contributed by atoms with E-state index in [-0.39, 0.29) is 0 Å². The summed E-state index contributed by atoms with van der Waals surface area (Å²) in [4.78, 5) is 4.35. The van der Waals surface area contributed by atoms with Crippen molar-refractivity contribution in [3.8, 4) is 0 Å². The molecule has 1 aromatic heterocycles. The van der Waals surface area contributed by atoms with Crippen LogP contribution in [-0.4, -0.2) is 28.8 Å². The Bertz CT molecular complexity index is 284. The summed E-state index contributed by atoms with van der Waals surface area (Å²) < 4.78 is 7.42. The second kappa shape index (κ2) is 7.41. The van der Waals surface area contributed by atoms with Crippen molar-refractivity contribution in [2.24, 2.45) is 0 Å². The zero-order valence-electron chi connectivity index (χ0n) is 10.6. The molecule has 0 unspecified atom stereocenters. The molecule has 0 saturated heterocycles. The summed E-state index contributed by atoms with van der Waals surface area (Å²) >= 11 is 0. The van der Waals surface area contributed by atoms with Crippen molar-refractivity contribution in [1.82, 2.24) is 14.9 Å². The maximum absolute atomic E-state index is 5.29. The van der Waals surface area contributed by atoms with E-state index >= 15 is 0 Å². The zero-order chi connectivity index (χ0) is 11.8. The van der Waals surface area contributed by atoms with Crippen LogP contribution in [0.1, 0.15) is 32.9 Å². The number of nitrogens with one attached hydrogen (secondary N) is 1. The summed E-state index contributed by atoms with van der Waals surface area (Å²) in [5.41, 5.74) is 1.10. The third-order valence-corrected chi connectivity index (χ3v) is 2.29. The molecule has 92 valence electrons. The van der Waals surface area contributed by atoms with Crippen molar-refractivity contribution in [1.29, 1.82) is 0 Å². The van der Waals surface area contributed by atoms with Gasteiger partial charge in [-0.25, -0.2) is 4.98 Å². The number of hydrogen-bond acceptors (Lipinski definition) is 3. The van der Waals surface area contributed by atoms with Crippen molar-refractivity contribution in [3.05, 3.63) is 18.2 Å². The Hall–Kier alpha value is -0.870. The van der Waals surface area contributed by atoms with E-state index < -0.39 is 0 Å². The average molecular weight is 225 g/mol. The Morgan fingerprint density at radius 3 is 3.00 bits per heavy atom. The average Bonchev–Trinajstić information content (AvgIpc) is 2.70. The van der Waals surface area contributed by atoms with E-state index in [4.69, 9.17) is 4.74 Å². The summed E-state index contributed by atoms with van der Waals surface area (Å²) in [6.45, 7) is 9.75. The monoisotopic (exact) mass is 225 g/mol. The van der Waals surface area contributed by atoms with Crippen LogP contribution in [0.4, 0.5) is 0 Å². The minimum atomic E-state index is 0.503. The molecule has 4 nitrogen and oxygen atoms in total. The molecule has 0 aromatic carbocycles. The van der Waals surface area contributed by atoms with Gasteiger partial charge in [0, 0.05) is 38.5 Å². The molecule has 0 atom stereocenters. The Morgan fingerprint density at radius 2 is 2.31 bits per heavy atom. The summed E-state index contributed by atoms with van der Waals surface area (Å²) in [5, 5.41) is 3.35. The summed E-state index contributed by atoms with van der Waals surface area (Å²) in [7, 11) is 0. The molecule has 0 radical (unpaired) electrons. The van der Waals surface area contributed by atoms with Gasteiger partial charge in [-0.15, -0.1) is 0 Å². The van der Waals surface area contributed by atoms with Gasteiger partial charge in [-0.2, -0.15) is 0 Å². The number of rotatable bonds is 8. The maximum Gasteiger partial charge on any atom is 0.0949 e. The molecule has 0 aliphatic rings. The molecule has 1 aromatic rings. The van der Waals surface area contributed by atoms with E-state index in [9.17, 15) is 0 Å². The van der Waals surface area contributed by atoms with Gasteiger partial charge in [0.25, 0.3) is 0 Å². The molecule has 0 bridgehead atoms. The molecule has 0 fully saturated rings. The first-order valence-corrected chi connectivity index (χ1v) is 6.04.